The van der Waals surface area contributed by atoms with Crippen LogP contribution in [0.1, 0.15) is 36.2 Å². The van der Waals surface area contributed by atoms with E-state index in [4.69, 9.17) is 5.73 Å². The summed E-state index contributed by atoms with van der Waals surface area (Å²) < 4.78 is 0. The fraction of sp³-hybridized carbons (Fsp3) is 0.500. The number of carbonyl (C=O) groups is 1. The van der Waals surface area contributed by atoms with Gasteiger partial charge in [-0.1, -0.05) is 19.1 Å². The van der Waals surface area contributed by atoms with Crippen LogP contribution in [0.4, 0.5) is 0 Å². The van der Waals surface area contributed by atoms with Crippen LogP contribution in [0.5, 0.6) is 0 Å². The van der Waals surface area contributed by atoms with E-state index in [9.17, 15) is 4.79 Å². The van der Waals surface area contributed by atoms with Crippen molar-refractivity contribution in [3.05, 3.63) is 35.4 Å². The van der Waals surface area contributed by atoms with Gasteiger partial charge in [-0.15, -0.1) is 0 Å². The Hall–Kier alpha value is -1.35. The maximum atomic E-state index is 12.2. The minimum absolute atomic E-state index is 0.101. The van der Waals surface area contributed by atoms with Gasteiger partial charge in [-0.05, 0) is 44.0 Å². The van der Waals surface area contributed by atoms with Crippen molar-refractivity contribution >= 4 is 5.91 Å². The number of benzene rings is 1. The Labute approximate surface area is 104 Å². The van der Waals surface area contributed by atoms with Crippen LogP contribution < -0.4 is 5.73 Å². The predicted octanol–water partition coefficient (Wildman–Crippen LogP) is 2.06. The first kappa shape index (κ1) is 13.7. The first-order valence-electron chi connectivity index (χ1n) is 6.31. The zero-order chi connectivity index (χ0) is 12.7. The third kappa shape index (κ3) is 3.86. The molecule has 1 rings (SSSR count). The molecule has 2 N–H and O–H groups in total. The molecule has 0 aromatic heterocycles. The van der Waals surface area contributed by atoms with E-state index in [-0.39, 0.29) is 5.91 Å². The van der Waals surface area contributed by atoms with Crippen LogP contribution in [-0.4, -0.2) is 30.4 Å². The van der Waals surface area contributed by atoms with E-state index in [1.807, 2.05) is 36.1 Å². The highest BCUT2D eigenvalue weighted by atomic mass is 16.2. The van der Waals surface area contributed by atoms with E-state index in [2.05, 4.69) is 6.92 Å². The van der Waals surface area contributed by atoms with Gasteiger partial charge in [0, 0.05) is 18.7 Å². The molecule has 0 saturated heterocycles. The quantitative estimate of drug-likeness (QED) is 0.819. The summed E-state index contributed by atoms with van der Waals surface area (Å²) in [6.07, 6.45) is 1.85. The summed E-state index contributed by atoms with van der Waals surface area (Å²) >= 11 is 0. The Morgan fingerprint density at radius 3 is 2.35 bits per heavy atom. The topological polar surface area (TPSA) is 46.3 Å². The molecule has 0 spiro atoms. The van der Waals surface area contributed by atoms with Crippen LogP contribution in [-0.2, 0) is 6.42 Å². The van der Waals surface area contributed by atoms with Gasteiger partial charge in [0.2, 0.25) is 0 Å². The molecule has 0 heterocycles. The Kier molecular flexibility index (Phi) is 5.70. The lowest BCUT2D eigenvalue weighted by atomic mass is 10.1. The van der Waals surface area contributed by atoms with E-state index in [0.717, 1.165) is 31.5 Å². The molecule has 0 unspecified atom stereocenters. The van der Waals surface area contributed by atoms with E-state index in [0.29, 0.717) is 6.54 Å². The van der Waals surface area contributed by atoms with Crippen molar-refractivity contribution in [2.45, 2.75) is 26.7 Å². The van der Waals surface area contributed by atoms with Crippen molar-refractivity contribution in [2.24, 2.45) is 5.73 Å². The molecule has 0 atom stereocenters. The molecule has 17 heavy (non-hydrogen) atoms. The SMILES string of the molecule is CCc1ccc(C(=O)N(CC)CCCN)cc1. The second-order valence-corrected chi connectivity index (χ2v) is 4.08. The highest BCUT2D eigenvalue weighted by Crippen LogP contribution is 2.08. The molecular formula is C14H22N2O. The summed E-state index contributed by atoms with van der Waals surface area (Å²) in [7, 11) is 0. The van der Waals surface area contributed by atoms with Gasteiger partial charge >= 0.3 is 0 Å². The minimum atomic E-state index is 0.101. The van der Waals surface area contributed by atoms with Gasteiger partial charge in [-0.2, -0.15) is 0 Å². The molecule has 1 aromatic rings. The molecule has 0 aliphatic heterocycles. The molecule has 1 amide bonds. The van der Waals surface area contributed by atoms with Crippen molar-refractivity contribution in [1.29, 1.82) is 0 Å². The summed E-state index contributed by atoms with van der Waals surface area (Å²) in [4.78, 5) is 14.0. The fourth-order valence-corrected chi connectivity index (χ4v) is 1.75. The Morgan fingerprint density at radius 1 is 1.24 bits per heavy atom. The fourth-order valence-electron chi connectivity index (χ4n) is 1.75. The first-order chi connectivity index (χ1) is 8.22. The molecule has 0 aliphatic rings. The van der Waals surface area contributed by atoms with Crippen LogP contribution in [0.2, 0.25) is 0 Å². The molecule has 3 nitrogen and oxygen atoms in total. The van der Waals surface area contributed by atoms with Crippen molar-refractivity contribution in [3.8, 4) is 0 Å². The number of rotatable bonds is 6. The smallest absolute Gasteiger partial charge is 0.253 e. The predicted molar refractivity (Wildman–Crippen MR) is 71.1 cm³/mol. The second-order valence-electron chi connectivity index (χ2n) is 4.08. The third-order valence-electron chi connectivity index (χ3n) is 2.91. The summed E-state index contributed by atoms with van der Waals surface area (Å²) in [6, 6.07) is 7.85. The standard InChI is InChI=1S/C14H22N2O/c1-3-12-6-8-13(9-7-12)14(17)16(4-2)11-5-10-15/h6-9H,3-5,10-11,15H2,1-2H3. The van der Waals surface area contributed by atoms with Crippen LogP contribution >= 0.6 is 0 Å². The molecule has 0 bridgehead atoms. The second kappa shape index (κ2) is 7.07. The van der Waals surface area contributed by atoms with Crippen LogP contribution in [0.15, 0.2) is 24.3 Å². The van der Waals surface area contributed by atoms with Crippen molar-refractivity contribution < 1.29 is 4.79 Å². The van der Waals surface area contributed by atoms with Gasteiger partial charge in [0.15, 0.2) is 0 Å². The molecule has 3 heteroatoms. The summed E-state index contributed by atoms with van der Waals surface area (Å²) in [5, 5.41) is 0. The van der Waals surface area contributed by atoms with Gasteiger partial charge < -0.3 is 10.6 Å². The molecule has 0 fully saturated rings. The van der Waals surface area contributed by atoms with Gasteiger partial charge in [0.1, 0.15) is 0 Å². The lowest BCUT2D eigenvalue weighted by Gasteiger charge is -2.20. The monoisotopic (exact) mass is 234 g/mol. The maximum absolute atomic E-state index is 12.2. The Balaban J connectivity index is 2.71. The number of hydrogen-bond donors (Lipinski definition) is 1. The largest absolute Gasteiger partial charge is 0.339 e. The van der Waals surface area contributed by atoms with Crippen molar-refractivity contribution in [1.82, 2.24) is 4.90 Å². The molecule has 0 aliphatic carbocycles. The number of amides is 1. The molecule has 94 valence electrons. The Morgan fingerprint density at radius 2 is 1.88 bits per heavy atom. The first-order valence-corrected chi connectivity index (χ1v) is 6.31. The van der Waals surface area contributed by atoms with E-state index < -0.39 is 0 Å². The van der Waals surface area contributed by atoms with Gasteiger partial charge in [0.25, 0.3) is 5.91 Å². The molecule has 1 aromatic carbocycles. The number of aryl methyl sites for hydroxylation is 1. The molecular weight excluding hydrogens is 212 g/mol. The maximum Gasteiger partial charge on any atom is 0.253 e. The van der Waals surface area contributed by atoms with E-state index in [1.165, 1.54) is 5.56 Å². The summed E-state index contributed by atoms with van der Waals surface area (Å²) in [5.41, 5.74) is 7.49. The average molecular weight is 234 g/mol. The molecule has 0 radical (unpaired) electrons. The van der Waals surface area contributed by atoms with Gasteiger partial charge in [-0.25, -0.2) is 0 Å². The minimum Gasteiger partial charge on any atom is -0.339 e. The van der Waals surface area contributed by atoms with Crippen molar-refractivity contribution in [3.63, 3.8) is 0 Å². The normalized spacial score (nSPS) is 10.3. The third-order valence-corrected chi connectivity index (χ3v) is 2.91. The highest BCUT2D eigenvalue weighted by Gasteiger charge is 2.12. The number of nitrogens with two attached hydrogens (primary N) is 1. The van der Waals surface area contributed by atoms with Gasteiger partial charge in [0.05, 0.1) is 0 Å². The van der Waals surface area contributed by atoms with Crippen LogP contribution in [0.25, 0.3) is 0 Å². The number of carbonyl (C=O) groups excluding carboxylic acids is 1. The highest BCUT2D eigenvalue weighted by molar-refractivity contribution is 5.94. The molecule has 0 saturated carbocycles. The zero-order valence-electron chi connectivity index (χ0n) is 10.8. The summed E-state index contributed by atoms with van der Waals surface area (Å²) in [5.74, 6) is 0.101. The van der Waals surface area contributed by atoms with Gasteiger partial charge in [-0.3, -0.25) is 4.79 Å². The van der Waals surface area contributed by atoms with Crippen LogP contribution in [0, 0.1) is 0 Å². The number of hydrogen-bond acceptors (Lipinski definition) is 2. The lowest BCUT2D eigenvalue weighted by molar-refractivity contribution is 0.0763. The zero-order valence-corrected chi connectivity index (χ0v) is 10.8. The lowest BCUT2D eigenvalue weighted by Crippen LogP contribution is -2.32. The van der Waals surface area contributed by atoms with E-state index in [1.54, 1.807) is 0 Å². The van der Waals surface area contributed by atoms with Crippen LogP contribution in [0.3, 0.4) is 0 Å². The van der Waals surface area contributed by atoms with E-state index >= 15 is 0 Å². The summed E-state index contributed by atoms with van der Waals surface area (Å²) in [6.45, 7) is 6.19. The number of nitrogens with zero attached hydrogens (tertiary/aromatic N) is 1. The Bertz CT molecular complexity index is 346. The van der Waals surface area contributed by atoms with Crippen molar-refractivity contribution in [2.75, 3.05) is 19.6 Å². The average Bonchev–Trinajstić information content (AvgIpc) is 2.39.